The molecule has 1 aliphatic carbocycles. The molecule has 1 radical (unpaired) electrons. The van der Waals surface area contributed by atoms with Gasteiger partial charge in [-0.15, -0.1) is 0 Å². The van der Waals surface area contributed by atoms with Gasteiger partial charge < -0.3 is 9.05 Å². The maximum Gasteiger partial charge on any atom is 0.358 e. The van der Waals surface area contributed by atoms with E-state index in [1.807, 2.05) is 0 Å². The van der Waals surface area contributed by atoms with Crippen LogP contribution in [0.5, 0.6) is 0 Å². The lowest BCUT2D eigenvalue weighted by molar-refractivity contribution is -0.144. The van der Waals surface area contributed by atoms with Gasteiger partial charge in [-0.25, -0.2) is 0 Å². The van der Waals surface area contributed by atoms with Crippen LogP contribution < -0.4 is 0 Å². The highest BCUT2D eigenvalue weighted by Gasteiger charge is 2.45. The molecule has 2 unspecified atom stereocenters. The van der Waals surface area contributed by atoms with Crippen LogP contribution in [0.3, 0.4) is 0 Å². The van der Waals surface area contributed by atoms with E-state index in [-0.39, 0.29) is 17.7 Å². The highest BCUT2D eigenvalue weighted by atomic mass is 19.1. The van der Waals surface area contributed by atoms with Crippen molar-refractivity contribution < 1.29 is 13.8 Å². The minimum atomic E-state index is -0.263. The van der Waals surface area contributed by atoms with Gasteiger partial charge in [-0.3, -0.25) is 4.79 Å². The van der Waals surface area contributed by atoms with Gasteiger partial charge in [0.05, 0.1) is 12.5 Å². The Labute approximate surface area is 60.0 Å². The van der Waals surface area contributed by atoms with Gasteiger partial charge in [0.15, 0.2) is 0 Å². The van der Waals surface area contributed by atoms with E-state index in [0.717, 1.165) is 0 Å². The molecule has 0 saturated heterocycles. The molecule has 0 aromatic heterocycles. The second-order valence-corrected chi connectivity index (χ2v) is 2.38. The van der Waals surface area contributed by atoms with Crippen molar-refractivity contribution in [1.82, 2.24) is 0 Å². The van der Waals surface area contributed by atoms with Crippen LogP contribution >= 0.6 is 0 Å². The van der Waals surface area contributed by atoms with Crippen LogP contribution in [-0.2, 0) is 9.53 Å². The van der Waals surface area contributed by atoms with Gasteiger partial charge in [0.1, 0.15) is 0 Å². The molecule has 0 amide bonds. The largest absolute Gasteiger partial charge is 0.466 e. The van der Waals surface area contributed by atoms with E-state index < -0.39 is 0 Å². The van der Waals surface area contributed by atoms with Crippen molar-refractivity contribution in [2.75, 3.05) is 6.61 Å². The third-order valence-electron chi connectivity index (χ3n) is 1.59. The molecule has 0 aliphatic heterocycles. The number of halogens is 1. The summed E-state index contributed by atoms with van der Waals surface area (Å²) in [5, 5.41) is 0. The van der Waals surface area contributed by atoms with E-state index in [1.165, 1.54) is 0 Å². The molecule has 4 heteroatoms. The van der Waals surface area contributed by atoms with Crippen molar-refractivity contribution in [3.63, 3.8) is 0 Å². The molecule has 0 spiro atoms. The third-order valence-corrected chi connectivity index (χ3v) is 1.59. The number of rotatable bonds is 3. The van der Waals surface area contributed by atoms with Gasteiger partial charge in [-0.05, 0) is 19.2 Å². The zero-order valence-corrected chi connectivity index (χ0v) is 5.84. The minimum Gasteiger partial charge on any atom is -0.466 e. The zero-order chi connectivity index (χ0) is 7.56. The fraction of sp³-hybridized carbons (Fsp3) is 0.833. The topological polar surface area (TPSA) is 26.3 Å². The molecule has 0 aromatic rings. The Hall–Kier alpha value is -0.535. The third kappa shape index (κ3) is 1.49. The predicted molar refractivity (Wildman–Crippen MR) is 35.4 cm³/mol. The molecule has 55 valence electrons. The summed E-state index contributed by atoms with van der Waals surface area (Å²) >= 11 is 0. The molecular weight excluding hydrogens is 134 g/mol. The van der Waals surface area contributed by atoms with E-state index in [9.17, 15) is 9.11 Å². The van der Waals surface area contributed by atoms with Crippen LogP contribution in [0.2, 0.25) is 5.82 Å². The standard InChI is InChI=1S/C6H9BFO2/c1-2-10-6(9)4-3-5(4)7-8/h4-5H,2-3H2,1H3. The SMILES string of the molecule is CCOC(=O)C1CC1[B]F. The average molecular weight is 143 g/mol. The smallest absolute Gasteiger partial charge is 0.358 e. The second-order valence-electron chi connectivity index (χ2n) is 2.38. The molecule has 0 bridgehead atoms. The molecule has 1 fully saturated rings. The quantitative estimate of drug-likeness (QED) is 0.434. The summed E-state index contributed by atoms with van der Waals surface area (Å²) < 4.78 is 16.4. The lowest BCUT2D eigenvalue weighted by atomic mass is 9.95. The molecule has 0 N–H and O–H groups in total. The highest BCUT2D eigenvalue weighted by Crippen LogP contribution is 2.44. The number of ether oxygens (including phenoxy) is 1. The number of esters is 1. The molecule has 0 heterocycles. The first-order valence-electron chi connectivity index (χ1n) is 3.39. The van der Waals surface area contributed by atoms with Gasteiger partial charge in [0, 0.05) is 0 Å². The zero-order valence-electron chi connectivity index (χ0n) is 5.84. The van der Waals surface area contributed by atoms with Crippen LogP contribution in [-0.4, -0.2) is 20.1 Å². The summed E-state index contributed by atoms with van der Waals surface area (Å²) in [5.41, 5.74) is 0. The number of hydrogen-bond donors (Lipinski definition) is 0. The molecular formula is C6H9BFO2. The molecule has 2 nitrogen and oxygen atoms in total. The molecule has 1 rings (SSSR count). The highest BCUT2D eigenvalue weighted by molar-refractivity contribution is 6.31. The first kappa shape index (κ1) is 7.57. The maximum atomic E-state index is 11.7. The summed E-state index contributed by atoms with van der Waals surface area (Å²) in [4.78, 5) is 10.8. The van der Waals surface area contributed by atoms with E-state index in [2.05, 4.69) is 4.74 Å². The van der Waals surface area contributed by atoms with Crippen LogP contribution in [0.15, 0.2) is 0 Å². The Morgan fingerprint density at radius 1 is 1.90 bits per heavy atom. The summed E-state index contributed by atoms with van der Waals surface area (Å²) in [6, 6.07) is 0. The Balaban J connectivity index is 2.19. The molecule has 1 aliphatic rings. The maximum absolute atomic E-state index is 11.7. The monoisotopic (exact) mass is 143 g/mol. The first-order valence-corrected chi connectivity index (χ1v) is 3.39. The van der Waals surface area contributed by atoms with Gasteiger partial charge in [0.2, 0.25) is 0 Å². The molecule has 0 aromatic carbocycles. The lowest BCUT2D eigenvalue weighted by Crippen LogP contribution is -2.07. The Morgan fingerprint density at radius 3 is 3.00 bits per heavy atom. The van der Waals surface area contributed by atoms with Gasteiger partial charge in [-0.1, -0.05) is 0 Å². The average Bonchev–Trinajstić information content (AvgIpc) is 2.66. The van der Waals surface area contributed by atoms with E-state index in [4.69, 9.17) is 0 Å². The predicted octanol–water partition coefficient (Wildman–Crippen LogP) is 0.947. The fourth-order valence-electron chi connectivity index (χ4n) is 0.874. The number of carbonyl (C=O) groups is 1. The van der Waals surface area contributed by atoms with Crippen molar-refractivity contribution in [1.29, 1.82) is 0 Å². The van der Waals surface area contributed by atoms with Crippen molar-refractivity contribution >= 4 is 13.5 Å². The van der Waals surface area contributed by atoms with Crippen LogP contribution in [0.4, 0.5) is 4.32 Å². The summed E-state index contributed by atoms with van der Waals surface area (Å²) in [6.07, 6.45) is 0.620. The minimum absolute atomic E-state index is 0.168. The summed E-state index contributed by atoms with van der Waals surface area (Å²) in [6.45, 7) is 2.13. The fourth-order valence-corrected chi connectivity index (χ4v) is 0.874. The molecule has 2 atom stereocenters. The second kappa shape index (κ2) is 3.04. The van der Waals surface area contributed by atoms with Gasteiger partial charge >= 0.3 is 13.5 Å². The van der Waals surface area contributed by atoms with Gasteiger partial charge in [0.25, 0.3) is 0 Å². The van der Waals surface area contributed by atoms with E-state index in [1.54, 1.807) is 6.92 Å². The van der Waals surface area contributed by atoms with Crippen LogP contribution in [0.25, 0.3) is 0 Å². The Morgan fingerprint density at radius 2 is 2.60 bits per heavy atom. The van der Waals surface area contributed by atoms with Crippen molar-refractivity contribution in [3.05, 3.63) is 0 Å². The van der Waals surface area contributed by atoms with E-state index >= 15 is 0 Å². The van der Waals surface area contributed by atoms with E-state index in [0.29, 0.717) is 20.6 Å². The Kier molecular flexibility index (Phi) is 2.30. The van der Waals surface area contributed by atoms with Crippen molar-refractivity contribution in [3.8, 4) is 0 Å². The lowest BCUT2D eigenvalue weighted by Gasteiger charge is -1.97. The van der Waals surface area contributed by atoms with Crippen LogP contribution in [0, 0.1) is 5.92 Å². The van der Waals surface area contributed by atoms with Crippen LogP contribution in [0.1, 0.15) is 13.3 Å². The number of hydrogen-bond acceptors (Lipinski definition) is 2. The summed E-state index contributed by atoms with van der Waals surface area (Å²) in [7, 11) is 0.571. The van der Waals surface area contributed by atoms with Crippen molar-refractivity contribution in [2.24, 2.45) is 5.92 Å². The van der Waals surface area contributed by atoms with Gasteiger partial charge in [-0.2, -0.15) is 0 Å². The normalized spacial score (nSPS) is 29.4. The number of carbonyl (C=O) groups excluding carboxylic acids is 1. The summed E-state index contributed by atoms with van der Waals surface area (Å²) in [5.74, 6) is -0.620. The molecule has 1 saturated carbocycles. The Bertz CT molecular complexity index is 140. The molecule has 10 heavy (non-hydrogen) atoms. The first-order chi connectivity index (χ1) is 4.79. The van der Waals surface area contributed by atoms with Crippen molar-refractivity contribution in [2.45, 2.75) is 19.2 Å².